The molecule has 2 aliphatic rings. The largest absolute Gasteiger partial charge is 0.483 e. The van der Waals surface area contributed by atoms with Gasteiger partial charge in [-0.1, -0.05) is 18.2 Å². The molecular weight excluding hydrogens is 360 g/mol. The van der Waals surface area contributed by atoms with Crippen LogP contribution in [-0.2, 0) is 17.8 Å². The fourth-order valence-corrected chi connectivity index (χ4v) is 4.46. The molecule has 1 saturated heterocycles. The van der Waals surface area contributed by atoms with Crippen molar-refractivity contribution in [3.63, 3.8) is 0 Å². The van der Waals surface area contributed by atoms with Gasteiger partial charge >= 0.3 is 0 Å². The summed E-state index contributed by atoms with van der Waals surface area (Å²) in [4.78, 5) is 18.2. The first kappa shape index (κ1) is 18.3. The van der Waals surface area contributed by atoms with E-state index in [-0.39, 0.29) is 18.1 Å². The monoisotopic (exact) mass is 386 g/mol. The van der Waals surface area contributed by atoms with Crippen LogP contribution in [0.25, 0.3) is 0 Å². The van der Waals surface area contributed by atoms with Crippen molar-refractivity contribution >= 4 is 17.2 Å². The van der Waals surface area contributed by atoms with E-state index in [1.807, 2.05) is 17.0 Å². The first-order chi connectivity index (χ1) is 13.0. The number of carbonyl (C=O) groups excluding carboxylic acids is 1. The first-order valence-corrected chi connectivity index (χ1v) is 10.3. The second-order valence-electron chi connectivity index (χ2n) is 7.81. The molecule has 27 heavy (non-hydrogen) atoms. The molecule has 4 rings (SSSR count). The standard InChI is InChI=1S/C21H26N2O3S/c1-21(2)13-16-5-3-7-18(20(16)26-21)25-15-19(24)23-10-8-22(9-11-23)14-17-6-4-12-27-17/h3-7,12H,8-11,13-15H2,1-2H3. The van der Waals surface area contributed by atoms with Crippen LogP contribution in [0.3, 0.4) is 0 Å². The SMILES string of the molecule is CC1(C)Cc2cccc(OCC(=O)N3CCN(Cc4cccs4)CC3)c2O1. The number of para-hydroxylation sites is 1. The van der Waals surface area contributed by atoms with E-state index in [9.17, 15) is 4.79 Å². The summed E-state index contributed by atoms with van der Waals surface area (Å²) in [5, 5.41) is 2.11. The van der Waals surface area contributed by atoms with Gasteiger partial charge in [0.25, 0.3) is 5.91 Å². The van der Waals surface area contributed by atoms with E-state index >= 15 is 0 Å². The molecule has 0 spiro atoms. The quantitative estimate of drug-likeness (QED) is 0.792. The lowest BCUT2D eigenvalue weighted by Gasteiger charge is -2.34. The maximum Gasteiger partial charge on any atom is 0.260 e. The molecule has 1 fully saturated rings. The van der Waals surface area contributed by atoms with Crippen molar-refractivity contribution in [3.8, 4) is 11.5 Å². The second-order valence-corrected chi connectivity index (χ2v) is 8.84. The Hall–Kier alpha value is -2.05. The van der Waals surface area contributed by atoms with Crippen LogP contribution < -0.4 is 9.47 Å². The van der Waals surface area contributed by atoms with Gasteiger partial charge in [0.05, 0.1) is 0 Å². The van der Waals surface area contributed by atoms with Crippen LogP contribution >= 0.6 is 11.3 Å². The zero-order chi connectivity index (χ0) is 18.9. The van der Waals surface area contributed by atoms with Gasteiger partial charge in [-0.05, 0) is 31.4 Å². The molecule has 0 radical (unpaired) electrons. The Bertz CT molecular complexity index is 796. The van der Waals surface area contributed by atoms with Crippen LogP contribution in [0, 0.1) is 0 Å². The minimum atomic E-state index is -0.218. The lowest BCUT2D eigenvalue weighted by molar-refractivity contribution is -0.135. The molecule has 2 aliphatic heterocycles. The predicted molar refractivity (Wildman–Crippen MR) is 107 cm³/mol. The maximum atomic E-state index is 12.6. The van der Waals surface area contributed by atoms with E-state index < -0.39 is 0 Å². The number of hydrogen-bond donors (Lipinski definition) is 0. The highest BCUT2D eigenvalue weighted by molar-refractivity contribution is 7.09. The molecule has 2 aromatic rings. The zero-order valence-electron chi connectivity index (χ0n) is 15.9. The Morgan fingerprint density at radius 2 is 2.00 bits per heavy atom. The summed E-state index contributed by atoms with van der Waals surface area (Å²) in [6, 6.07) is 10.2. The normalized spacial score (nSPS) is 18.8. The van der Waals surface area contributed by atoms with E-state index in [4.69, 9.17) is 9.47 Å². The molecule has 0 unspecified atom stereocenters. The van der Waals surface area contributed by atoms with Crippen molar-refractivity contribution in [1.29, 1.82) is 0 Å². The molecule has 0 bridgehead atoms. The average molecular weight is 387 g/mol. The van der Waals surface area contributed by atoms with E-state index in [2.05, 4.69) is 42.3 Å². The third-order valence-electron chi connectivity index (χ3n) is 5.09. The lowest BCUT2D eigenvalue weighted by Crippen LogP contribution is -2.49. The molecule has 1 aromatic carbocycles. The lowest BCUT2D eigenvalue weighted by atomic mass is 10.0. The number of rotatable bonds is 5. The number of nitrogens with zero attached hydrogens (tertiary/aromatic N) is 2. The van der Waals surface area contributed by atoms with Gasteiger partial charge in [-0.25, -0.2) is 0 Å². The average Bonchev–Trinajstić information content (AvgIpc) is 3.26. The molecule has 0 atom stereocenters. The molecule has 144 valence electrons. The van der Waals surface area contributed by atoms with Gasteiger partial charge in [0.2, 0.25) is 0 Å². The third kappa shape index (κ3) is 4.28. The number of ether oxygens (including phenoxy) is 2. The van der Waals surface area contributed by atoms with Crippen LogP contribution in [0.15, 0.2) is 35.7 Å². The Morgan fingerprint density at radius 3 is 2.74 bits per heavy atom. The van der Waals surface area contributed by atoms with Gasteiger partial charge < -0.3 is 14.4 Å². The predicted octanol–water partition coefficient (Wildman–Crippen LogP) is 3.18. The highest BCUT2D eigenvalue weighted by Crippen LogP contribution is 2.41. The van der Waals surface area contributed by atoms with E-state index in [0.29, 0.717) is 5.75 Å². The molecule has 0 N–H and O–H groups in total. The van der Waals surface area contributed by atoms with E-state index in [1.54, 1.807) is 11.3 Å². The van der Waals surface area contributed by atoms with Crippen molar-refractivity contribution < 1.29 is 14.3 Å². The fraction of sp³-hybridized carbons (Fsp3) is 0.476. The van der Waals surface area contributed by atoms with Crippen molar-refractivity contribution in [1.82, 2.24) is 9.80 Å². The van der Waals surface area contributed by atoms with Crippen molar-refractivity contribution in [2.24, 2.45) is 0 Å². The molecule has 5 nitrogen and oxygen atoms in total. The second kappa shape index (κ2) is 7.52. The fourth-order valence-electron chi connectivity index (χ4n) is 3.71. The Morgan fingerprint density at radius 1 is 1.19 bits per heavy atom. The third-order valence-corrected chi connectivity index (χ3v) is 5.95. The number of hydrogen-bond acceptors (Lipinski definition) is 5. The summed E-state index contributed by atoms with van der Waals surface area (Å²) < 4.78 is 11.9. The maximum absolute atomic E-state index is 12.6. The van der Waals surface area contributed by atoms with Crippen molar-refractivity contribution in [2.75, 3.05) is 32.8 Å². The minimum Gasteiger partial charge on any atom is -0.483 e. The number of fused-ring (bicyclic) bond motifs is 1. The summed E-state index contributed by atoms with van der Waals surface area (Å²) in [5.41, 5.74) is 0.928. The molecule has 6 heteroatoms. The molecular formula is C21H26N2O3S. The summed E-state index contributed by atoms with van der Waals surface area (Å²) in [7, 11) is 0. The van der Waals surface area contributed by atoms with Gasteiger partial charge in [-0.15, -0.1) is 11.3 Å². The van der Waals surface area contributed by atoms with E-state index in [0.717, 1.165) is 50.5 Å². The number of piperazine rings is 1. The zero-order valence-corrected chi connectivity index (χ0v) is 16.8. The summed E-state index contributed by atoms with van der Waals surface area (Å²) in [6.07, 6.45) is 0.861. The Labute approximate surface area is 164 Å². The molecule has 1 amide bonds. The number of amides is 1. The van der Waals surface area contributed by atoms with Gasteiger partial charge in [-0.3, -0.25) is 9.69 Å². The van der Waals surface area contributed by atoms with Gasteiger partial charge in [-0.2, -0.15) is 0 Å². The van der Waals surface area contributed by atoms with Crippen LogP contribution in [0.4, 0.5) is 0 Å². The number of benzene rings is 1. The Balaban J connectivity index is 1.28. The topological polar surface area (TPSA) is 42.0 Å². The smallest absolute Gasteiger partial charge is 0.260 e. The number of carbonyl (C=O) groups is 1. The van der Waals surface area contributed by atoms with Gasteiger partial charge in [0.15, 0.2) is 18.1 Å². The molecule has 3 heterocycles. The Kier molecular flexibility index (Phi) is 5.10. The van der Waals surface area contributed by atoms with Crippen LogP contribution in [0.2, 0.25) is 0 Å². The minimum absolute atomic E-state index is 0.0423. The molecule has 1 aromatic heterocycles. The van der Waals surface area contributed by atoms with Crippen LogP contribution in [0.5, 0.6) is 11.5 Å². The summed E-state index contributed by atoms with van der Waals surface area (Å²) >= 11 is 1.78. The summed E-state index contributed by atoms with van der Waals surface area (Å²) in [5.74, 6) is 1.50. The van der Waals surface area contributed by atoms with Crippen LogP contribution in [-0.4, -0.2) is 54.1 Å². The van der Waals surface area contributed by atoms with Crippen molar-refractivity contribution in [2.45, 2.75) is 32.4 Å². The first-order valence-electron chi connectivity index (χ1n) is 9.46. The molecule has 0 aliphatic carbocycles. The van der Waals surface area contributed by atoms with Crippen LogP contribution in [0.1, 0.15) is 24.3 Å². The highest BCUT2D eigenvalue weighted by Gasteiger charge is 2.32. The van der Waals surface area contributed by atoms with E-state index in [1.165, 1.54) is 4.88 Å². The van der Waals surface area contributed by atoms with Gasteiger partial charge in [0, 0.05) is 49.6 Å². The van der Waals surface area contributed by atoms with Gasteiger partial charge in [0.1, 0.15) is 5.60 Å². The molecule has 0 saturated carbocycles. The summed E-state index contributed by atoms with van der Waals surface area (Å²) in [6.45, 7) is 8.48. The number of thiophene rings is 1. The van der Waals surface area contributed by atoms with Crippen molar-refractivity contribution in [3.05, 3.63) is 46.2 Å². The highest BCUT2D eigenvalue weighted by atomic mass is 32.1.